The van der Waals surface area contributed by atoms with Crippen LogP contribution in [0, 0.1) is 11.6 Å². The van der Waals surface area contributed by atoms with Gasteiger partial charge in [-0.05, 0) is 12.1 Å². The Kier molecular flexibility index (Phi) is 4.27. The monoisotopic (exact) mass is 310 g/mol. The van der Waals surface area contributed by atoms with Gasteiger partial charge in [0.05, 0.1) is 18.2 Å². The van der Waals surface area contributed by atoms with Crippen molar-refractivity contribution in [2.75, 3.05) is 5.32 Å². The second kappa shape index (κ2) is 5.96. The van der Waals surface area contributed by atoms with E-state index in [1.165, 1.54) is 16.9 Å². The van der Waals surface area contributed by atoms with Crippen LogP contribution in [0.3, 0.4) is 0 Å². The van der Waals surface area contributed by atoms with E-state index in [4.69, 9.17) is 18.0 Å². The standard InChI is InChI=1S/C13H12F2N4OS/c1-19-13(8(6-17-19)12(16)21)18-11(20)5-7-9(14)3-2-4-10(7)15/h2-4,6H,5H2,1H3,(H2,16,21)(H,18,20). The number of rotatable bonds is 4. The Bertz CT molecular complexity index is 694. The van der Waals surface area contributed by atoms with Crippen LogP contribution < -0.4 is 11.1 Å². The molecule has 0 spiro atoms. The number of amides is 1. The van der Waals surface area contributed by atoms with Crippen molar-refractivity contribution in [3.63, 3.8) is 0 Å². The maximum absolute atomic E-state index is 13.5. The van der Waals surface area contributed by atoms with Crippen LogP contribution in [-0.4, -0.2) is 20.7 Å². The average Bonchev–Trinajstić information content (AvgIpc) is 2.76. The molecule has 1 heterocycles. The molecular weight excluding hydrogens is 298 g/mol. The summed E-state index contributed by atoms with van der Waals surface area (Å²) in [5, 5.41) is 6.42. The van der Waals surface area contributed by atoms with Gasteiger partial charge in [-0.15, -0.1) is 0 Å². The molecular formula is C13H12F2N4OS. The van der Waals surface area contributed by atoms with E-state index in [-0.39, 0.29) is 16.4 Å². The zero-order valence-corrected chi connectivity index (χ0v) is 11.9. The average molecular weight is 310 g/mol. The van der Waals surface area contributed by atoms with Crippen molar-refractivity contribution in [1.82, 2.24) is 9.78 Å². The highest BCUT2D eigenvalue weighted by atomic mass is 32.1. The van der Waals surface area contributed by atoms with E-state index in [0.717, 1.165) is 12.1 Å². The van der Waals surface area contributed by atoms with E-state index in [9.17, 15) is 13.6 Å². The highest BCUT2D eigenvalue weighted by Gasteiger charge is 2.17. The van der Waals surface area contributed by atoms with E-state index in [0.29, 0.717) is 5.56 Å². The largest absolute Gasteiger partial charge is 0.389 e. The molecule has 0 unspecified atom stereocenters. The van der Waals surface area contributed by atoms with Gasteiger partial charge in [-0.2, -0.15) is 5.10 Å². The summed E-state index contributed by atoms with van der Waals surface area (Å²) < 4.78 is 28.4. The molecule has 2 rings (SSSR count). The third kappa shape index (κ3) is 3.22. The topological polar surface area (TPSA) is 72.9 Å². The highest BCUT2D eigenvalue weighted by molar-refractivity contribution is 7.80. The Morgan fingerprint density at radius 3 is 2.62 bits per heavy atom. The lowest BCUT2D eigenvalue weighted by atomic mass is 10.1. The molecule has 1 aromatic heterocycles. The van der Waals surface area contributed by atoms with Gasteiger partial charge in [0.2, 0.25) is 5.91 Å². The maximum atomic E-state index is 13.5. The maximum Gasteiger partial charge on any atom is 0.230 e. The summed E-state index contributed by atoms with van der Waals surface area (Å²) in [6.45, 7) is 0. The van der Waals surface area contributed by atoms with Crippen LogP contribution in [0.2, 0.25) is 0 Å². The SMILES string of the molecule is Cn1ncc(C(N)=S)c1NC(=O)Cc1c(F)cccc1F. The second-order valence-corrected chi connectivity index (χ2v) is 4.76. The molecule has 0 bridgehead atoms. The normalized spacial score (nSPS) is 10.4. The Balaban J connectivity index is 2.20. The third-order valence-electron chi connectivity index (χ3n) is 2.86. The fourth-order valence-corrected chi connectivity index (χ4v) is 1.95. The number of hydrogen-bond donors (Lipinski definition) is 2. The van der Waals surface area contributed by atoms with E-state index in [1.54, 1.807) is 7.05 Å². The summed E-state index contributed by atoms with van der Waals surface area (Å²) in [5.74, 6) is -1.86. The molecule has 0 aliphatic heterocycles. The molecule has 0 atom stereocenters. The van der Waals surface area contributed by atoms with Crippen LogP contribution in [0.5, 0.6) is 0 Å². The van der Waals surface area contributed by atoms with Crippen molar-refractivity contribution >= 4 is 28.9 Å². The summed E-state index contributed by atoms with van der Waals surface area (Å²) in [4.78, 5) is 12.0. The smallest absolute Gasteiger partial charge is 0.230 e. The minimum Gasteiger partial charge on any atom is -0.389 e. The second-order valence-electron chi connectivity index (χ2n) is 4.32. The van der Waals surface area contributed by atoms with Crippen molar-refractivity contribution < 1.29 is 13.6 Å². The number of hydrogen-bond acceptors (Lipinski definition) is 3. The molecule has 5 nitrogen and oxygen atoms in total. The quantitative estimate of drug-likeness (QED) is 0.840. The first-order chi connectivity index (χ1) is 9.90. The molecule has 8 heteroatoms. The minimum absolute atomic E-state index is 0.0653. The molecule has 1 aromatic carbocycles. The lowest BCUT2D eigenvalue weighted by molar-refractivity contribution is -0.115. The Morgan fingerprint density at radius 2 is 2.05 bits per heavy atom. The molecule has 3 N–H and O–H groups in total. The van der Waals surface area contributed by atoms with Gasteiger partial charge >= 0.3 is 0 Å². The van der Waals surface area contributed by atoms with Crippen LogP contribution in [-0.2, 0) is 18.3 Å². The van der Waals surface area contributed by atoms with Gasteiger partial charge in [-0.25, -0.2) is 8.78 Å². The van der Waals surface area contributed by atoms with Crippen molar-refractivity contribution in [2.45, 2.75) is 6.42 Å². The number of aryl methyl sites for hydroxylation is 1. The van der Waals surface area contributed by atoms with E-state index >= 15 is 0 Å². The summed E-state index contributed by atoms with van der Waals surface area (Å²) in [6.07, 6.45) is 0.960. The van der Waals surface area contributed by atoms with Crippen LogP contribution in [0.25, 0.3) is 0 Å². The van der Waals surface area contributed by atoms with Gasteiger partial charge in [-0.3, -0.25) is 9.48 Å². The van der Waals surface area contributed by atoms with Crippen LogP contribution >= 0.6 is 12.2 Å². The number of benzene rings is 1. The molecule has 0 fully saturated rings. The number of nitrogens with zero attached hydrogens (tertiary/aromatic N) is 2. The van der Waals surface area contributed by atoms with E-state index in [1.807, 2.05) is 0 Å². The molecule has 0 saturated heterocycles. The van der Waals surface area contributed by atoms with Gasteiger partial charge in [0.1, 0.15) is 22.4 Å². The van der Waals surface area contributed by atoms with Gasteiger partial charge < -0.3 is 11.1 Å². The molecule has 21 heavy (non-hydrogen) atoms. The number of nitrogens with two attached hydrogens (primary N) is 1. The van der Waals surface area contributed by atoms with Gasteiger partial charge in [0.15, 0.2) is 0 Å². The molecule has 1 amide bonds. The lowest BCUT2D eigenvalue weighted by Gasteiger charge is -2.09. The van der Waals surface area contributed by atoms with Gasteiger partial charge in [0, 0.05) is 12.6 Å². The fourth-order valence-electron chi connectivity index (χ4n) is 1.80. The lowest BCUT2D eigenvalue weighted by Crippen LogP contribution is -2.21. The Labute approximate surface area is 124 Å². The number of anilines is 1. The van der Waals surface area contributed by atoms with Crippen LogP contribution in [0.1, 0.15) is 11.1 Å². The molecule has 0 radical (unpaired) electrons. The first-order valence-electron chi connectivity index (χ1n) is 5.94. The number of thiocarbonyl (C=S) groups is 1. The van der Waals surface area contributed by atoms with E-state index < -0.39 is 24.0 Å². The molecule has 2 aromatic rings. The summed E-state index contributed by atoms with van der Waals surface area (Å²) >= 11 is 4.84. The molecule has 110 valence electrons. The summed E-state index contributed by atoms with van der Waals surface area (Å²) in [5.41, 5.74) is 5.60. The van der Waals surface area contributed by atoms with Crippen molar-refractivity contribution in [2.24, 2.45) is 12.8 Å². The van der Waals surface area contributed by atoms with Crippen LogP contribution in [0.4, 0.5) is 14.6 Å². The zero-order chi connectivity index (χ0) is 15.6. The Hall–Kier alpha value is -2.35. The number of halogens is 2. The number of nitrogens with one attached hydrogen (secondary N) is 1. The van der Waals surface area contributed by atoms with Crippen LogP contribution in [0.15, 0.2) is 24.4 Å². The van der Waals surface area contributed by atoms with E-state index in [2.05, 4.69) is 10.4 Å². The first-order valence-corrected chi connectivity index (χ1v) is 6.35. The van der Waals surface area contributed by atoms with Gasteiger partial charge in [-0.1, -0.05) is 18.3 Å². The molecule has 0 saturated carbocycles. The fraction of sp³-hybridized carbons (Fsp3) is 0.154. The zero-order valence-electron chi connectivity index (χ0n) is 11.1. The predicted molar refractivity (Wildman–Crippen MR) is 77.8 cm³/mol. The van der Waals surface area contributed by atoms with Crippen molar-refractivity contribution in [3.8, 4) is 0 Å². The van der Waals surface area contributed by atoms with Crippen molar-refractivity contribution in [1.29, 1.82) is 0 Å². The number of aromatic nitrogens is 2. The summed E-state index contributed by atoms with van der Waals surface area (Å²) in [7, 11) is 1.58. The number of carbonyl (C=O) groups is 1. The highest BCUT2D eigenvalue weighted by Crippen LogP contribution is 2.16. The minimum atomic E-state index is -0.773. The molecule has 0 aliphatic rings. The molecule has 0 aliphatic carbocycles. The summed E-state index contributed by atoms with van der Waals surface area (Å²) in [6, 6.07) is 3.42. The Morgan fingerprint density at radius 1 is 1.43 bits per heavy atom. The van der Waals surface area contributed by atoms with Crippen molar-refractivity contribution in [3.05, 3.63) is 47.2 Å². The van der Waals surface area contributed by atoms with Gasteiger partial charge in [0.25, 0.3) is 0 Å². The predicted octanol–water partition coefficient (Wildman–Crippen LogP) is 1.51. The number of carbonyl (C=O) groups excluding carboxylic acids is 1. The third-order valence-corrected chi connectivity index (χ3v) is 3.08. The first kappa shape index (κ1) is 15.0.